The number of amides is 2. The van der Waals surface area contributed by atoms with Gasteiger partial charge in [0.15, 0.2) is 0 Å². The highest BCUT2D eigenvalue weighted by Gasteiger charge is 2.17. The lowest BCUT2D eigenvalue weighted by atomic mass is 10.2. The Balaban J connectivity index is 1.71. The number of rotatable bonds is 8. The molecule has 0 aliphatic carbocycles. The van der Waals surface area contributed by atoms with Gasteiger partial charge >= 0.3 is 0 Å². The SMILES string of the molecule is NC(=O)CCN(Cc1ccccc1)C(=O)Cc1csc(-c2cccc(Br)c2)n1. The molecule has 0 saturated heterocycles. The topological polar surface area (TPSA) is 76.3 Å². The van der Waals surface area contributed by atoms with Crippen LogP contribution in [0, 0.1) is 0 Å². The number of benzene rings is 2. The molecular weight excluding hydrogens is 438 g/mol. The highest BCUT2D eigenvalue weighted by Crippen LogP contribution is 2.26. The highest BCUT2D eigenvalue weighted by atomic mass is 79.9. The third kappa shape index (κ3) is 5.74. The molecule has 2 amide bonds. The van der Waals surface area contributed by atoms with Gasteiger partial charge in [-0.1, -0.05) is 58.4 Å². The van der Waals surface area contributed by atoms with E-state index in [9.17, 15) is 9.59 Å². The van der Waals surface area contributed by atoms with Crippen molar-refractivity contribution in [3.8, 4) is 10.6 Å². The van der Waals surface area contributed by atoms with Crippen molar-refractivity contribution in [3.05, 3.63) is 75.7 Å². The average Bonchev–Trinajstić information content (AvgIpc) is 3.14. The van der Waals surface area contributed by atoms with Gasteiger partial charge in [-0.15, -0.1) is 11.3 Å². The molecule has 0 aliphatic heterocycles. The molecule has 0 spiro atoms. The first-order chi connectivity index (χ1) is 13.5. The van der Waals surface area contributed by atoms with Gasteiger partial charge in [0.25, 0.3) is 0 Å². The zero-order valence-electron chi connectivity index (χ0n) is 15.2. The molecule has 2 aromatic carbocycles. The Bertz CT molecular complexity index is 959. The van der Waals surface area contributed by atoms with Crippen LogP contribution in [0.3, 0.4) is 0 Å². The molecule has 0 fully saturated rings. The second kappa shape index (κ2) is 9.61. The number of halogens is 1. The summed E-state index contributed by atoms with van der Waals surface area (Å²) >= 11 is 4.97. The molecule has 144 valence electrons. The quantitative estimate of drug-likeness (QED) is 0.554. The lowest BCUT2D eigenvalue weighted by molar-refractivity contribution is -0.131. The molecule has 0 radical (unpaired) electrons. The lowest BCUT2D eigenvalue weighted by Crippen LogP contribution is -2.34. The van der Waals surface area contributed by atoms with Gasteiger partial charge in [0.2, 0.25) is 11.8 Å². The third-order valence-corrected chi connectivity index (χ3v) is 5.59. The molecule has 5 nitrogen and oxygen atoms in total. The van der Waals surface area contributed by atoms with Crippen molar-refractivity contribution in [2.24, 2.45) is 5.73 Å². The number of nitrogens with zero attached hydrogens (tertiary/aromatic N) is 2. The van der Waals surface area contributed by atoms with Crippen LogP contribution in [0.1, 0.15) is 17.7 Å². The fourth-order valence-electron chi connectivity index (χ4n) is 2.75. The summed E-state index contributed by atoms with van der Waals surface area (Å²) in [5.74, 6) is -0.493. The molecule has 0 aliphatic rings. The van der Waals surface area contributed by atoms with Crippen molar-refractivity contribution in [2.45, 2.75) is 19.4 Å². The molecule has 1 aromatic heterocycles. The molecule has 1 heterocycles. The number of carbonyl (C=O) groups is 2. The zero-order valence-corrected chi connectivity index (χ0v) is 17.6. The van der Waals surface area contributed by atoms with Gasteiger partial charge < -0.3 is 10.6 Å². The minimum atomic E-state index is -0.420. The Morgan fingerprint density at radius 1 is 1.11 bits per heavy atom. The van der Waals surface area contributed by atoms with E-state index in [0.717, 1.165) is 26.3 Å². The van der Waals surface area contributed by atoms with Crippen molar-refractivity contribution in [3.63, 3.8) is 0 Å². The lowest BCUT2D eigenvalue weighted by Gasteiger charge is -2.22. The minimum absolute atomic E-state index is 0.0730. The maximum atomic E-state index is 12.9. The fraction of sp³-hybridized carbons (Fsp3) is 0.190. The second-order valence-electron chi connectivity index (χ2n) is 6.35. The van der Waals surface area contributed by atoms with E-state index in [1.54, 1.807) is 4.90 Å². The van der Waals surface area contributed by atoms with Gasteiger partial charge in [-0.2, -0.15) is 0 Å². The monoisotopic (exact) mass is 457 g/mol. The van der Waals surface area contributed by atoms with Crippen LogP contribution < -0.4 is 5.73 Å². The summed E-state index contributed by atoms with van der Waals surface area (Å²) < 4.78 is 0.985. The van der Waals surface area contributed by atoms with Crippen molar-refractivity contribution in [1.29, 1.82) is 0 Å². The predicted octanol–water partition coefficient (Wildman–Crippen LogP) is 4.02. The van der Waals surface area contributed by atoms with Crippen LogP contribution in [0.2, 0.25) is 0 Å². The number of hydrogen-bond acceptors (Lipinski definition) is 4. The summed E-state index contributed by atoms with van der Waals surface area (Å²) in [7, 11) is 0. The average molecular weight is 458 g/mol. The molecule has 28 heavy (non-hydrogen) atoms. The molecular formula is C21H20BrN3O2S. The van der Waals surface area contributed by atoms with E-state index < -0.39 is 5.91 Å². The van der Waals surface area contributed by atoms with E-state index >= 15 is 0 Å². The van der Waals surface area contributed by atoms with Gasteiger partial charge in [0, 0.05) is 34.9 Å². The van der Waals surface area contributed by atoms with Gasteiger partial charge in [0.1, 0.15) is 5.01 Å². The van der Waals surface area contributed by atoms with E-state index in [4.69, 9.17) is 5.73 Å². The van der Waals surface area contributed by atoms with Crippen LogP contribution in [0.25, 0.3) is 10.6 Å². The van der Waals surface area contributed by atoms with E-state index in [2.05, 4.69) is 20.9 Å². The molecule has 7 heteroatoms. The van der Waals surface area contributed by atoms with Crippen LogP contribution in [0.5, 0.6) is 0 Å². The van der Waals surface area contributed by atoms with Crippen molar-refractivity contribution < 1.29 is 9.59 Å². The van der Waals surface area contributed by atoms with Crippen LogP contribution in [-0.4, -0.2) is 28.2 Å². The Morgan fingerprint density at radius 3 is 2.61 bits per heavy atom. The summed E-state index contributed by atoms with van der Waals surface area (Å²) in [6.45, 7) is 0.737. The van der Waals surface area contributed by atoms with Gasteiger partial charge in [-0.3, -0.25) is 9.59 Å². The van der Waals surface area contributed by atoms with Crippen LogP contribution in [0.15, 0.2) is 64.5 Å². The van der Waals surface area contributed by atoms with Gasteiger partial charge in [0.05, 0.1) is 12.1 Å². The Kier molecular flexibility index (Phi) is 6.95. The normalized spacial score (nSPS) is 10.6. The molecule has 0 atom stereocenters. The summed E-state index contributed by atoms with van der Waals surface area (Å²) in [5, 5.41) is 2.78. The van der Waals surface area contributed by atoms with Crippen molar-refractivity contribution >= 4 is 39.1 Å². The number of carbonyl (C=O) groups excluding carboxylic acids is 2. The van der Waals surface area contributed by atoms with Gasteiger partial charge in [-0.25, -0.2) is 4.98 Å². The first-order valence-corrected chi connectivity index (χ1v) is 10.5. The molecule has 0 saturated carbocycles. The van der Waals surface area contributed by atoms with Crippen molar-refractivity contribution in [1.82, 2.24) is 9.88 Å². The number of hydrogen-bond donors (Lipinski definition) is 1. The predicted molar refractivity (Wildman–Crippen MR) is 115 cm³/mol. The van der Waals surface area contributed by atoms with Crippen molar-refractivity contribution in [2.75, 3.05) is 6.54 Å². The molecule has 3 aromatic rings. The molecule has 0 unspecified atom stereocenters. The maximum Gasteiger partial charge on any atom is 0.228 e. The second-order valence-corrected chi connectivity index (χ2v) is 8.12. The first kappa shape index (κ1) is 20.2. The number of primary amides is 1. The number of thiazole rings is 1. The number of aromatic nitrogens is 1. The Morgan fingerprint density at radius 2 is 1.89 bits per heavy atom. The first-order valence-electron chi connectivity index (χ1n) is 8.81. The zero-order chi connectivity index (χ0) is 19.9. The Labute approximate surface area is 176 Å². The Hall–Kier alpha value is -2.51. The summed E-state index contributed by atoms with van der Waals surface area (Å²) in [6.07, 6.45) is 0.328. The summed E-state index contributed by atoms with van der Waals surface area (Å²) in [6, 6.07) is 17.6. The molecule has 2 N–H and O–H groups in total. The van der Waals surface area contributed by atoms with E-state index in [-0.39, 0.29) is 18.7 Å². The van der Waals surface area contributed by atoms with Crippen LogP contribution in [0.4, 0.5) is 0 Å². The highest BCUT2D eigenvalue weighted by molar-refractivity contribution is 9.10. The fourth-order valence-corrected chi connectivity index (χ4v) is 3.97. The van der Waals surface area contributed by atoms with E-state index in [0.29, 0.717) is 13.1 Å². The smallest absolute Gasteiger partial charge is 0.228 e. The maximum absolute atomic E-state index is 12.9. The van der Waals surface area contributed by atoms with E-state index in [1.165, 1.54) is 11.3 Å². The van der Waals surface area contributed by atoms with Gasteiger partial charge in [-0.05, 0) is 17.7 Å². The standard InChI is InChI=1S/C21H20BrN3O2S/c22-17-8-4-7-16(11-17)21-24-18(14-28-21)12-20(27)25(10-9-19(23)26)13-15-5-2-1-3-6-15/h1-8,11,14H,9-10,12-13H2,(H2,23,26). The molecule has 3 rings (SSSR count). The minimum Gasteiger partial charge on any atom is -0.370 e. The van der Waals surface area contributed by atoms with Crippen LogP contribution in [-0.2, 0) is 22.6 Å². The summed E-state index contributed by atoms with van der Waals surface area (Å²) in [4.78, 5) is 30.3. The number of nitrogens with two attached hydrogens (primary N) is 1. The summed E-state index contributed by atoms with van der Waals surface area (Å²) in [5.41, 5.74) is 8.01. The largest absolute Gasteiger partial charge is 0.370 e. The van der Waals surface area contributed by atoms with Crippen LogP contribution >= 0.6 is 27.3 Å². The third-order valence-electron chi connectivity index (χ3n) is 4.15. The molecule has 0 bridgehead atoms. The van der Waals surface area contributed by atoms with E-state index in [1.807, 2.05) is 60.0 Å².